The van der Waals surface area contributed by atoms with Crippen LogP contribution in [-0.2, 0) is 11.0 Å². The molecule has 0 saturated heterocycles. The van der Waals surface area contributed by atoms with Gasteiger partial charge in [0.05, 0.1) is 5.56 Å². The maximum Gasteiger partial charge on any atom is 0.416 e. The van der Waals surface area contributed by atoms with Crippen LogP contribution in [0.25, 0.3) is 0 Å². The van der Waals surface area contributed by atoms with E-state index in [1.54, 1.807) is 0 Å². The van der Waals surface area contributed by atoms with Gasteiger partial charge in [-0.15, -0.1) is 0 Å². The Morgan fingerprint density at radius 3 is 2.26 bits per heavy atom. The maximum atomic E-state index is 12.4. The lowest BCUT2D eigenvalue weighted by molar-refractivity contribution is -0.137. The molecule has 1 fully saturated rings. The Morgan fingerprint density at radius 1 is 1.26 bits per heavy atom. The summed E-state index contributed by atoms with van der Waals surface area (Å²) in [5, 5.41) is 2.61. The molecule has 1 aromatic rings. The third-order valence-electron chi connectivity index (χ3n) is 3.32. The fraction of sp³-hybridized carbons (Fsp3) is 0.462. The highest BCUT2D eigenvalue weighted by molar-refractivity contribution is 7.80. The third-order valence-corrected chi connectivity index (χ3v) is 3.99. The van der Waals surface area contributed by atoms with E-state index in [0.717, 1.165) is 25.0 Å². The first-order valence-electron chi connectivity index (χ1n) is 5.93. The van der Waals surface area contributed by atoms with Crippen LogP contribution < -0.4 is 5.32 Å². The van der Waals surface area contributed by atoms with Crippen LogP contribution in [0.4, 0.5) is 18.9 Å². The van der Waals surface area contributed by atoms with Crippen LogP contribution in [0.1, 0.15) is 24.8 Å². The lowest BCUT2D eigenvalue weighted by atomic mass is 10.1. The quantitative estimate of drug-likeness (QED) is 0.812. The summed E-state index contributed by atoms with van der Waals surface area (Å²) in [6.45, 7) is 0. The van der Waals surface area contributed by atoms with Gasteiger partial charge >= 0.3 is 6.18 Å². The molecule has 1 N–H and O–H groups in total. The molecule has 0 atom stereocenters. The number of anilines is 1. The molecule has 6 heteroatoms. The largest absolute Gasteiger partial charge is 0.416 e. The number of carbonyl (C=O) groups excluding carboxylic acids is 1. The molecule has 1 aliphatic rings. The molecule has 0 radical (unpaired) electrons. The van der Waals surface area contributed by atoms with Crippen molar-refractivity contribution in [3.8, 4) is 0 Å². The van der Waals surface area contributed by atoms with E-state index in [-0.39, 0.29) is 11.3 Å². The molecule has 0 aromatic heterocycles. The van der Waals surface area contributed by atoms with Crippen molar-refractivity contribution in [2.24, 2.45) is 5.41 Å². The average Bonchev–Trinajstić information content (AvgIpc) is 3.09. The fourth-order valence-electron chi connectivity index (χ4n) is 1.86. The molecule has 1 aliphatic carbocycles. The van der Waals surface area contributed by atoms with Crippen molar-refractivity contribution in [1.29, 1.82) is 0 Å². The minimum Gasteiger partial charge on any atom is -0.326 e. The van der Waals surface area contributed by atoms with Crippen molar-refractivity contribution >= 4 is 24.2 Å². The molecule has 0 bridgehead atoms. The number of alkyl halides is 3. The molecule has 2 rings (SSSR count). The minimum atomic E-state index is -4.35. The first-order chi connectivity index (χ1) is 8.85. The third kappa shape index (κ3) is 3.65. The summed E-state index contributed by atoms with van der Waals surface area (Å²) in [5.41, 5.74) is -0.341. The van der Waals surface area contributed by atoms with Gasteiger partial charge in [-0.3, -0.25) is 4.79 Å². The molecule has 19 heavy (non-hydrogen) atoms. The first-order valence-corrected chi connectivity index (χ1v) is 6.56. The second-order valence-corrected chi connectivity index (χ2v) is 5.27. The van der Waals surface area contributed by atoms with Gasteiger partial charge in [-0.2, -0.15) is 25.8 Å². The maximum absolute atomic E-state index is 12.4. The average molecular weight is 289 g/mol. The fourth-order valence-corrected chi connectivity index (χ4v) is 2.28. The molecule has 0 spiro atoms. The summed E-state index contributed by atoms with van der Waals surface area (Å²) < 4.78 is 37.1. The molecule has 0 heterocycles. The smallest absolute Gasteiger partial charge is 0.326 e. The second-order valence-electron chi connectivity index (χ2n) is 4.96. The monoisotopic (exact) mass is 289 g/mol. The highest BCUT2D eigenvalue weighted by Crippen LogP contribution is 2.49. The van der Waals surface area contributed by atoms with Crippen LogP contribution in [0.3, 0.4) is 0 Å². The van der Waals surface area contributed by atoms with E-state index < -0.39 is 11.7 Å². The van der Waals surface area contributed by atoms with E-state index in [4.69, 9.17) is 0 Å². The van der Waals surface area contributed by atoms with Crippen molar-refractivity contribution in [3.05, 3.63) is 29.8 Å². The summed E-state index contributed by atoms with van der Waals surface area (Å²) in [6, 6.07) is 4.45. The molecule has 1 amide bonds. The molecule has 0 unspecified atom stereocenters. The number of rotatable bonds is 4. The Bertz CT molecular complexity index is 466. The summed E-state index contributed by atoms with van der Waals surface area (Å²) in [5.74, 6) is 0.485. The predicted molar refractivity (Wildman–Crippen MR) is 70.2 cm³/mol. The van der Waals surface area contributed by atoms with Gasteiger partial charge in [0.2, 0.25) is 5.91 Å². The minimum absolute atomic E-state index is 0.000888. The number of nitrogens with one attached hydrogen (secondary N) is 1. The highest BCUT2D eigenvalue weighted by atomic mass is 32.1. The molecule has 1 aromatic carbocycles. The lowest BCUT2D eigenvalue weighted by Crippen LogP contribution is -2.18. The summed E-state index contributed by atoms with van der Waals surface area (Å²) >= 11 is 4.20. The van der Waals surface area contributed by atoms with Gasteiger partial charge in [-0.05, 0) is 48.3 Å². The van der Waals surface area contributed by atoms with Crippen LogP contribution in [0.2, 0.25) is 0 Å². The zero-order valence-electron chi connectivity index (χ0n) is 10.1. The van der Waals surface area contributed by atoms with Crippen molar-refractivity contribution < 1.29 is 18.0 Å². The molecule has 2 nitrogen and oxygen atoms in total. The zero-order valence-corrected chi connectivity index (χ0v) is 11.0. The molecular weight excluding hydrogens is 275 g/mol. The van der Waals surface area contributed by atoms with Crippen molar-refractivity contribution in [2.45, 2.75) is 25.4 Å². The van der Waals surface area contributed by atoms with Gasteiger partial charge < -0.3 is 5.32 Å². The number of carbonyl (C=O) groups is 1. The summed E-state index contributed by atoms with van der Waals surface area (Å²) in [7, 11) is 0. The Kier molecular flexibility index (Phi) is 3.80. The van der Waals surface area contributed by atoms with E-state index >= 15 is 0 Å². The molecule has 104 valence electrons. The molecular formula is C13H14F3NOS. The van der Waals surface area contributed by atoms with Gasteiger partial charge in [-0.25, -0.2) is 0 Å². The first kappa shape index (κ1) is 14.2. The molecule has 0 aliphatic heterocycles. The Hall–Kier alpha value is -1.17. The normalized spacial score (nSPS) is 17.1. The van der Waals surface area contributed by atoms with Gasteiger partial charge in [-0.1, -0.05) is 0 Å². The number of hydrogen-bond donors (Lipinski definition) is 2. The SMILES string of the molecule is O=C(CC1(CS)CC1)Nc1ccc(C(F)(F)F)cc1. The van der Waals surface area contributed by atoms with E-state index in [1.807, 2.05) is 0 Å². The standard InChI is InChI=1S/C13H14F3NOS/c14-13(15,16)9-1-3-10(4-2-9)17-11(18)7-12(8-19)5-6-12/h1-4,19H,5-8H2,(H,17,18). The van der Waals surface area contributed by atoms with Crippen LogP contribution >= 0.6 is 12.6 Å². The van der Waals surface area contributed by atoms with E-state index in [1.165, 1.54) is 12.1 Å². The zero-order chi connectivity index (χ0) is 14.1. The van der Waals surface area contributed by atoms with Crippen LogP contribution in [0.5, 0.6) is 0 Å². The van der Waals surface area contributed by atoms with Crippen LogP contribution in [-0.4, -0.2) is 11.7 Å². The number of thiol groups is 1. The molecule has 1 saturated carbocycles. The van der Waals surface area contributed by atoms with E-state index in [0.29, 0.717) is 17.9 Å². The van der Waals surface area contributed by atoms with Gasteiger partial charge in [0.1, 0.15) is 0 Å². The van der Waals surface area contributed by atoms with Gasteiger partial charge in [0, 0.05) is 12.1 Å². The van der Waals surface area contributed by atoms with E-state index in [9.17, 15) is 18.0 Å². The summed E-state index contributed by atoms with van der Waals surface area (Å²) in [6.07, 6.45) is -2.02. The number of hydrogen-bond acceptors (Lipinski definition) is 2. The Labute approximate surface area is 114 Å². The van der Waals surface area contributed by atoms with Crippen molar-refractivity contribution in [3.63, 3.8) is 0 Å². The Morgan fingerprint density at radius 2 is 1.84 bits per heavy atom. The predicted octanol–water partition coefficient (Wildman–Crippen LogP) is 3.74. The topological polar surface area (TPSA) is 29.1 Å². The van der Waals surface area contributed by atoms with Gasteiger partial charge in [0.15, 0.2) is 0 Å². The van der Waals surface area contributed by atoms with Crippen LogP contribution in [0.15, 0.2) is 24.3 Å². The number of benzene rings is 1. The Balaban J connectivity index is 1.94. The van der Waals surface area contributed by atoms with Crippen LogP contribution in [0, 0.1) is 5.41 Å². The van der Waals surface area contributed by atoms with Gasteiger partial charge in [0.25, 0.3) is 0 Å². The lowest BCUT2D eigenvalue weighted by Gasteiger charge is -2.12. The number of amides is 1. The highest BCUT2D eigenvalue weighted by Gasteiger charge is 2.42. The second kappa shape index (κ2) is 5.07. The van der Waals surface area contributed by atoms with Crippen molar-refractivity contribution in [1.82, 2.24) is 0 Å². The number of halogens is 3. The van der Waals surface area contributed by atoms with Crippen molar-refractivity contribution in [2.75, 3.05) is 11.1 Å². The van der Waals surface area contributed by atoms with E-state index in [2.05, 4.69) is 17.9 Å². The summed E-state index contributed by atoms with van der Waals surface area (Å²) in [4.78, 5) is 11.7.